The number of allylic oxidation sites excluding steroid dienone is 7. The monoisotopic (exact) mass is 308 g/mol. The Bertz CT molecular complexity index is 773. The number of hydrogen-bond acceptors (Lipinski definition) is 2. The van der Waals surface area contributed by atoms with Crippen molar-refractivity contribution in [3.8, 4) is 0 Å². The standard InChI is InChI=1S/C19H16S2/c1-20-13-9-16-17(11-19(21-2)18(16)10-13)15-8-7-12-5-3-4-6-14(12)15/h3-11,15H,1-2H3. The average Bonchev–Trinajstić information content (AvgIpc) is 3.19. The lowest BCUT2D eigenvalue weighted by atomic mass is 9.91. The van der Waals surface area contributed by atoms with Crippen LogP contribution in [0.15, 0.2) is 75.1 Å². The van der Waals surface area contributed by atoms with E-state index in [0.717, 1.165) is 0 Å². The molecule has 0 N–H and O–H groups in total. The van der Waals surface area contributed by atoms with E-state index < -0.39 is 0 Å². The molecule has 0 nitrogen and oxygen atoms in total. The second-order valence-electron chi connectivity index (χ2n) is 5.36. The summed E-state index contributed by atoms with van der Waals surface area (Å²) in [6.07, 6.45) is 16.0. The molecule has 0 aromatic heterocycles. The summed E-state index contributed by atoms with van der Waals surface area (Å²) in [6, 6.07) is 8.73. The van der Waals surface area contributed by atoms with Gasteiger partial charge in [0.05, 0.1) is 0 Å². The van der Waals surface area contributed by atoms with Crippen molar-refractivity contribution in [1.29, 1.82) is 0 Å². The number of hydrogen-bond donors (Lipinski definition) is 0. The highest BCUT2D eigenvalue weighted by atomic mass is 32.2. The molecule has 1 unspecified atom stereocenters. The SMILES string of the molecule is CSC1=CC2=C(C3C=Cc4ccccc43)C=C(SC)C2=C1. The molecule has 21 heavy (non-hydrogen) atoms. The highest BCUT2D eigenvalue weighted by Gasteiger charge is 2.30. The van der Waals surface area contributed by atoms with Gasteiger partial charge >= 0.3 is 0 Å². The van der Waals surface area contributed by atoms with Crippen LogP contribution in [0, 0.1) is 0 Å². The molecule has 0 radical (unpaired) electrons. The predicted molar refractivity (Wildman–Crippen MR) is 96.5 cm³/mol. The van der Waals surface area contributed by atoms with Gasteiger partial charge in [-0.1, -0.05) is 36.4 Å². The lowest BCUT2D eigenvalue weighted by molar-refractivity contribution is 1.05. The smallest absolute Gasteiger partial charge is 0.0285 e. The Labute approximate surface area is 134 Å². The molecule has 0 saturated carbocycles. The van der Waals surface area contributed by atoms with Crippen molar-refractivity contribution in [3.05, 3.63) is 86.2 Å². The van der Waals surface area contributed by atoms with Gasteiger partial charge < -0.3 is 0 Å². The van der Waals surface area contributed by atoms with Crippen molar-refractivity contribution in [1.82, 2.24) is 0 Å². The van der Waals surface area contributed by atoms with Crippen LogP contribution in [0.5, 0.6) is 0 Å². The lowest BCUT2D eigenvalue weighted by Gasteiger charge is -2.12. The van der Waals surface area contributed by atoms with Gasteiger partial charge in [0.15, 0.2) is 0 Å². The molecule has 4 rings (SSSR count). The molecule has 0 spiro atoms. The fraction of sp³-hybridized carbons (Fsp3) is 0.158. The maximum Gasteiger partial charge on any atom is 0.0285 e. The molecule has 1 aromatic carbocycles. The first-order valence-corrected chi connectivity index (χ1v) is 9.52. The summed E-state index contributed by atoms with van der Waals surface area (Å²) in [6.45, 7) is 0. The van der Waals surface area contributed by atoms with E-state index in [2.05, 4.69) is 67.2 Å². The quantitative estimate of drug-likeness (QED) is 0.719. The summed E-state index contributed by atoms with van der Waals surface area (Å²) >= 11 is 3.68. The van der Waals surface area contributed by atoms with Crippen LogP contribution in [0.25, 0.3) is 6.08 Å². The minimum absolute atomic E-state index is 0.404. The molecule has 0 amide bonds. The Hall–Kier alpha value is -1.38. The number of fused-ring (bicyclic) bond motifs is 2. The molecule has 1 aromatic rings. The molecule has 0 bridgehead atoms. The first kappa shape index (κ1) is 13.3. The third-order valence-electron chi connectivity index (χ3n) is 4.32. The molecule has 0 fully saturated rings. The van der Waals surface area contributed by atoms with E-state index in [0.29, 0.717) is 5.92 Å². The van der Waals surface area contributed by atoms with Crippen LogP contribution < -0.4 is 0 Å². The van der Waals surface area contributed by atoms with Crippen molar-refractivity contribution in [2.45, 2.75) is 5.92 Å². The fourth-order valence-electron chi connectivity index (χ4n) is 3.29. The number of rotatable bonds is 3. The van der Waals surface area contributed by atoms with Gasteiger partial charge in [-0.05, 0) is 58.6 Å². The Morgan fingerprint density at radius 1 is 0.952 bits per heavy atom. The van der Waals surface area contributed by atoms with Crippen LogP contribution in [0.4, 0.5) is 0 Å². The summed E-state index contributed by atoms with van der Waals surface area (Å²) in [5.41, 5.74) is 7.09. The third kappa shape index (κ3) is 2.01. The Kier molecular flexibility index (Phi) is 3.24. The number of benzene rings is 1. The molecule has 3 aliphatic carbocycles. The van der Waals surface area contributed by atoms with Gasteiger partial charge in [-0.25, -0.2) is 0 Å². The minimum atomic E-state index is 0.404. The number of thioether (sulfide) groups is 2. The molecule has 3 aliphatic rings. The van der Waals surface area contributed by atoms with Crippen LogP contribution >= 0.6 is 23.5 Å². The summed E-state index contributed by atoms with van der Waals surface area (Å²) < 4.78 is 0. The van der Waals surface area contributed by atoms with Crippen molar-refractivity contribution in [3.63, 3.8) is 0 Å². The molecule has 0 aliphatic heterocycles. The van der Waals surface area contributed by atoms with E-state index in [-0.39, 0.29) is 0 Å². The van der Waals surface area contributed by atoms with Crippen LogP contribution in [-0.4, -0.2) is 12.5 Å². The largest absolute Gasteiger partial charge is 0.130 e. The zero-order valence-electron chi connectivity index (χ0n) is 12.1. The van der Waals surface area contributed by atoms with Crippen molar-refractivity contribution < 1.29 is 0 Å². The van der Waals surface area contributed by atoms with Crippen LogP contribution in [0.1, 0.15) is 17.0 Å². The Balaban J connectivity index is 1.84. The van der Waals surface area contributed by atoms with E-state index in [4.69, 9.17) is 0 Å². The Morgan fingerprint density at radius 2 is 1.81 bits per heavy atom. The van der Waals surface area contributed by atoms with E-state index >= 15 is 0 Å². The van der Waals surface area contributed by atoms with E-state index in [1.54, 1.807) is 0 Å². The normalized spacial score (nSPS) is 22.2. The molecule has 1 atom stereocenters. The van der Waals surface area contributed by atoms with Crippen LogP contribution in [0.3, 0.4) is 0 Å². The van der Waals surface area contributed by atoms with Gasteiger partial charge in [0, 0.05) is 15.7 Å². The zero-order chi connectivity index (χ0) is 14.4. The maximum atomic E-state index is 2.39. The van der Waals surface area contributed by atoms with Gasteiger partial charge in [0.25, 0.3) is 0 Å². The molecule has 104 valence electrons. The molecule has 2 heteroatoms. The summed E-state index contributed by atoms with van der Waals surface area (Å²) in [5, 5.41) is 0. The highest BCUT2D eigenvalue weighted by molar-refractivity contribution is 8.03. The second kappa shape index (κ2) is 5.11. The fourth-order valence-corrected chi connectivity index (χ4v) is 4.39. The highest BCUT2D eigenvalue weighted by Crippen LogP contribution is 2.49. The topological polar surface area (TPSA) is 0 Å². The van der Waals surface area contributed by atoms with Crippen LogP contribution in [0.2, 0.25) is 0 Å². The predicted octanol–water partition coefficient (Wildman–Crippen LogP) is 5.54. The van der Waals surface area contributed by atoms with E-state index in [1.807, 2.05) is 23.5 Å². The molecule has 0 saturated heterocycles. The summed E-state index contributed by atoms with van der Waals surface area (Å²) in [4.78, 5) is 2.77. The maximum absolute atomic E-state index is 2.39. The Morgan fingerprint density at radius 3 is 2.62 bits per heavy atom. The van der Waals surface area contributed by atoms with Gasteiger partial charge in [-0.15, -0.1) is 23.5 Å². The molecule has 0 heterocycles. The van der Waals surface area contributed by atoms with Crippen molar-refractivity contribution in [2.24, 2.45) is 0 Å². The van der Waals surface area contributed by atoms with Crippen LogP contribution in [-0.2, 0) is 0 Å². The average molecular weight is 308 g/mol. The zero-order valence-corrected chi connectivity index (χ0v) is 13.7. The van der Waals surface area contributed by atoms with Gasteiger partial charge in [0.1, 0.15) is 0 Å². The lowest BCUT2D eigenvalue weighted by Crippen LogP contribution is -1.96. The van der Waals surface area contributed by atoms with E-state index in [9.17, 15) is 0 Å². The van der Waals surface area contributed by atoms with Crippen molar-refractivity contribution >= 4 is 29.6 Å². The second-order valence-corrected chi connectivity index (χ2v) is 7.08. The summed E-state index contributed by atoms with van der Waals surface area (Å²) in [7, 11) is 0. The summed E-state index contributed by atoms with van der Waals surface area (Å²) in [5.74, 6) is 0.404. The molecular formula is C19H16S2. The van der Waals surface area contributed by atoms with Crippen molar-refractivity contribution in [2.75, 3.05) is 12.5 Å². The first-order chi connectivity index (χ1) is 10.3. The molecular weight excluding hydrogens is 292 g/mol. The van der Waals surface area contributed by atoms with Gasteiger partial charge in [-0.2, -0.15) is 0 Å². The minimum Gasteiger partial charge on any atom is -0.130 e. The van der Waals surface area contributed by atoms with Gasteiger partial charge in [-0.3, -0.25) is 0 Å². The first-order valence-electron chi connectivity index (χ1n) is 7.07. The van der Waals surface area contributed by atoms with Gasteiger partial charge in [0.2, 0.25) is 0 Å². The third-order valence-corrected chi connectivity index (χ3v) is 5.80. The van der Waals surface area contributed by atoms with E-state index in [1.165, 1.54) is 37.7 Å².